The minimum Gasteiger partial charge on any atom is -0.326 e. The number of nitroso groups, excluding NO2 is 1. The van der Waals surface area contributed by atoms with Gasteiger partial charge in [-0.2, -0.15) is 4.91 Å². The highest BCUT2D eigenvalue weighted by Crippen LogP contribution is 2.38. The van der Waals surface area contributed by atoms with Gasteiger partial charge in [-0.25, -0.2) is 4.39 Å². The van der Waals surface area contributed by atoms with E-state index in [0.29, 0.717) is 22.4 Å². The molecule has 1 amide bonds. The van der Waals surface area contributed by atoms with Gasteiger partial charge in [-0.1, -0.05) is 35.0 Å². The number of hydrogen-bond acceptors (Lipinski definition) is 4. The molecule has 2 unspecified atom stereocenters. The minimum absolute atomic E-state index is 0.157. The Balaban J connectivity index is 2.07. The van der Waals surface area contributed by atoms with E-state index in [1.54, 1.807) is 55.7 Å². The second-order valence-electron chi connectivity index (χ2n) is 7.29. The summed E-state index contributed by atoms with van der Waals surface area (Å²) in [4.78, 5) is 34.9. The van der Waals surface area contributed by atoms with E-state index in [1.165, 1.54) is 23.6 Å². The zero-order valence-electron chi connectivity index (χ0n) is 17.0. The molecule has 2 aromatic carbocycles. The maximum Gasteiger partial charge on any atom is 0.250 e. The van der Waals surface area contributed by atoms with Crippen LogP contribution in [0.5, 0.6) is 0 Å². The molecule has 0 bridgehead atoms. The predicted octanol–water partition coefficient (Wildman–Crippen LogP) is 5.17. The summed E-state index contributed by atoms with van der Waals surface area (Å²) in [6.45, 7) is 1.40. The van der Waals surface area contributed by atoms with E-state index in [-0.39, 0.29) is 22.9 Å². The van der Waals surface area contributed by atoms with Gasteiger partial charge < -0.3 is 9.88 Å². The molecule has 3 rings (SSSR count). The average Bonchev–Trinajstić information content (AvgIpc) is 2.71. The smallest absolute Gasteiger partial charge is 0.250 e. The molecule has 0 spiro atoms. The van der Waals surface area contributed by atoms with Crippen molar-refractivity contribution in [3.05, 3.63) is 104 Å². The van der Waals surface area contributed by atoms with E-state index in [1.807, 2.05) is 0 Å². The highest BCUT2D eigenvalue weighted by molar-refractivity contribution is 6.30. The molecule has 6 nitrogen and oxygen atoms in total. The fourth-order valence-electron chi connectivity index (χ4n) is 3.54. The molecule has 0 aliphatic rings. The number of aromatic nitrogens is 1. The molecule has 31 heavy (non-hydrogen) atoms. The first kappa shape index (κ1) is 22.4. The normalized spacial score (nSPS) is 12.8. The third kappa shape index (κ3) is 5.44. The molecule has 1 heterocycles. The van der Waals surface area contributed by atoms with Crippen LogP contribution in [-0.2, 0) is 11.8 Å². The molecule has 8 heteroatoms. The van der Waals surface area contributed by atoms with Crippen LogP contribution in [0.3, 0.4) is 0 Å². The van der Waals surface area contributed by atoms with Crippen LogP contribution >= 0.6 is 11.6 Å². The minimum atomic E-state index is -0.823. The zero-order chi connectivity index (χ0) is 22.5. The maximum atomic E-state index is 14.9. The molecule has 1 aromatic heterocycles. The number of nitrogens with zero attached hydrogens (tertiary/aromatic N) is 2. The van der Waals surface area contributed by atoms with Crippen molar-refractivity contribution in [2.75, 3.05) is 5.32 Å². The number of amides is 1. The van der Waals surface area contributed by atoms with Gasteiger partial charge in [0.1, 0.15) is 11.9 Å². The van der Waals surface area contributed by atoms with Crippen LogP contribution in [0.2, 0.25) is 5.02 Å². The second-order valence-corrected chi connectivity index (χ2v) is 7.73. The van der Waals surface area contributed by atoms with Crippen LogP contribution in [0.25, 0.3) is 0 Å². The molecule has 0 radical (unpaired) electrons. The Bertz CT molecular complexity index is 1180. The summed E-state index contributed by atoms with van der Waals surface area (Å²) >= 11 is 5.92. The Kier molecular flexibility index (Phi) is 6.97. The monoisotopic (exact) mass is 441 g/mol. The molecule has 160 valence electrons. The summed E-state index contributed by atoms with van der Waals surface area (Å²) in [5, 5.41) is 6.22. The van der Waals surface area contributed by atoms with E-state index >= 15 is 0 Å². The lowest BCUT2D eigenvalue weighted by atomic mass is 9.84. The van der Waals surface area contributed by atoms with Crippen LogP contribution < -0.4 is 10.9 Å². The molecule has 0 aliphatic heterocycles. The molecular weight excluding hydrogens is 421 g/mol. The number of halogens is 2. The third-order valence-electron chi connectivity index (χ3n) is 5.03. The molecule has 0 aliphatic carbocycles. The molecular formula is C23H21ClFN3O3. The third-order valence-corrected chi connectivity index (χ3v) is 5.26. The predicted molar refractivity (Wildman–Crippen MR) is 119 cm³/mol. The van der Waals surface area contributed by atoms with Gasteiger partial charge >= 0.3 is 0 Å². The van der Waals surface area contributed by atoms with Gasteiger partial charge in [-0.15, -0.1) is 0 Å². The van der Waals surface area contributed by atoms with E-state index in [2.05, 4.69) is 10.5 Å². The Morgan fingerprint density at radius 2 is 1.94 bits per heavy atom. The first-order chi connectivity index (χ1) is 14.8. The maximum absolute atomic E-state index is 14.9. The first-order valence-corrected chi connectivity index (χ1v) is 9.98. The van der Waals surface area contributed by atoms with Gasteiger partial charge in [-0.3, -0.25) is 9.59 Å². The van der Waals surface area contributed by atoms with Crippen LogP contribution in [-0.4, -0.2) is 10.5 Å². The molecule has 0 saturated carbocycles. The standard InChI is InChI=1S/C23H21ClFN3O3/c1-14(29)26-18-5-3-4-15(10-18)20(19-8-7-17(24)11-21(19)25)12-22(27-31)16-6-9-23(30)28(2)13-16/h3-11,13,20,22H,12H2,1-2H3,(H,26,29). The van der Waals surface area contributed by atoms with Gasteiger partial charge in [-0.05, 0) is 53.4 Å². The van der Waals surface area contributed by atoms with Crippen molar-refractivity contribution in [3.63, 3.8) is 0 Å². The highest BCUT2D eigenvalue weighted by atomic mass is 35.5. The Morgan fingerprint density at radius 1 is 1.16 bits per heavy atom. The van der Waals surface area contributed by atoms with Crippen molar-refractivity contribution in [1.82, 2.24) is 4.57 Å². The van der Waals surface area contributed by atoms with Crippen molar-refractivity contribution in [2.45, 2.75) is 25.3 Å². The fourth-order valence-corrected chi connectivity index (χ4v) is 3.70. The van der Waals surface area contributed by atoms with Gasteiger partial charge in [0.15, 0.2) is 0 Å². The molecule has 1 N–H and O–H groups in total. The summed E-state index contributed by atoms with van der Waals surface area (Å²) < 4.78 is 16.2. The summed E-state index contributed by atoms with van der Waals surface area (Å²) in [7, 11) is 1.58. The Hall–Kier alpha value is -3.32. The zero-order valence-corrected chi connectivity index (χ0v) is 17.8. The summed E-state index contributed by atoms with van der Waals surface area (Å²) in [5.41, 5.74) is 1.95. The van der Waals surface area contributed by atoms with E-state index < -0.39 is 17.8 Å². The van der Waals surface area contributed by atoms with Crippen molar-refractivity contribution >= 4 is 23.2 Å². The number of anilines is 1. The van der Waals surface area contributed by atoms with Crippen LogP contribution in [0.1, 0.15) is 42.0 Å². The van der Waals surface area contributed by atoms with Crippen molar-refractivity contribution in [1.29, 1.82) is 0 Å². The van der Waals surface area contributed by atoms with Gasteiger partial charge in [0.2, 0.25) is 11.5 Å². The van der Waals surface area contributed by atoms with Crippen LogP contribution in [0, 0.1) is 10.7 Å². The number of carbonyl (C=O) groups excluding carboxylic acids is 1. The topological polar surface area (TPSA) is 80.5 Å². The fraction of sp³-hybridized carbons (Fsp3) is 0.217. The van der Waals surface area contributed by atoms with Crippen molar-refractivity contribution < 1.29 is 9.18 Å². The lowest BCUT2D eigenvalue weighted by Gasteiger charge is -2.22. The summed E-state index contributed by atoms with van der Waals surface area (Å²) in [6, 6.07) is 13.5. The number of rotatable bonds is 7. The van der Waals surface area contributed by atoms with Gasteiger partial charge in [0.05, 0.1) is 0 Å². The summed E-state index contributed by atoms with van der Waals surface area (Å²) in [5.74, 6) is -1.29. The van der Waals surface area contributed by atoms with Gasteiger partial charge in [0, 0.05) is 42.9 Å². The van der Waals surface area contributed by atoms with E-state index in [4.69, 9.17) is 11.6 Å². The lowest BCUT2D eigenvalue weighted by Crippen LogP contribution is -2.16. The molecule has 2 atom stereocenters. The van der Waals surface area contributed by atoms with E-state index in [9.17, 15) is 18.9 Å². The van der Waals surface area contributed by atoms with Gasteiger partial charge in [0.25, 0.3) is 0 Å². The van der Waals surface area contributed by atoms with Crippen molar-refractivity contribution in [2.24, 2.45) is 12.2 Å². The van der Waals surface area contributed by atoms with Crippen LogP contribution in [0.15, 0.2) is 70.8 Å². The Labute approximate surface area is 183 Å². The number of nitrogens with one attached hydrogen (secondary N) is 1. The number of benzene rings is 2. The van der Waals surface area contributed by atoms with Crippen LogP contribution in [0.4, 0.5) is 10.1 Å². The largest absolute Gasteiger partial charge is 0.326 e. The highest BCUT2D eigenvalue weighted by Gasteiger charge is 2.25. The second kappa shape index (κ2) is 9.66. The molecule has 0 saturated heterocycles. The summed E-state index contributed by atoms with van der Waals surface area (Å²) in [6.07, 6.45) is 1.71. The molecule has 0 fully saturated rings. The number of carbonyl (C=O) groups is 1. The molecule has 3 aromatic rings. The van der Waals surface area contributed by atoms with Crippen molar-refractivity contribution in [3.8, 4) is 0 Å². The number of aryl methyl sites for hydroxylation is 1. The lowest BCUT2D eigenvalue weighted by molar-refractivity contribution is -0.114. The van der Waals surface area contributed by atoms with E-state index in [0.717, 1.165) is 0 Å². The average molecular weight is 442 g/mol. The number of pyridine rings is 1. The Morgan fingerprint density at radius 3 is 2.58 bits per heavy atom. The quantitative estimate of drug-likeness (QED) is 0.514. The SMILES string of the molecule is CC(=O)Nc1cccc(C(CC(N=O)c2ccc(=O)n(C)c2)c2ccc(Cl)cc2F)c1. The number of hydrogen-bond donors (Lipinski definition) is 1. The first-order valence-electron chi connectivity index (χ1n) is 9.60.